The molecule has 0 spiro atoms. The third-order valence-corrected chi connectivity index (χ3v) is 3.02. The molecule has 1 heterocycles. The Kier molecular flexibility index (Phi) is 2.95. The van der Waals surface area contributed by atoms with Crippen molar-refractivity contribution in [2.24, 2.45) is 0 Å². The number of rotatable bonds is 3. The summed E-state index contributed by atoms with van der Waals surface area (Å²) in [5.41, 5.74) is 1.23. The van der Waals surface area contributed by atoms with Crippen LogP contribution in [0, 0.1) is 0 Å². The van der Waals surface area contributed by atoms with Crippen LogP contribution in [0.4, 0.5) is 0 Å². The van der Waals surface area contributed by atoms with Crippen molar-refractivity contribution in [1.29, 1.82) is 0 Å². The fourth-order valence-electron chi connectivity index (χ4n) is 2.08. The molecule has 1 aromatic carbocycles. The highest BCUT2D eigenvalue weighted by molar-refractivity contribution is 5.83. The average molecular weight is 254 g/mol. The first kappa shape index (κ1) is 11.8. The van der Waals surface area contributed by atoms with E-state index in [0.717, 1.165) is 17.4 Å². The summed E-state index contributed by atoms with van der Waals surface area (Å²) in [6.45, 7) is 2.56. The van der Waals surface area contributed by atoms with Crippen LogP contribution in [0.15, 0.2) is 51.7 Å². The third-order valence-electron chi connectivity index (χ3n) is 3.02. The molecule has 3 heteroatoms. The first-order valence-electron chi connectivity index (χ1n) is 6.38. The molecule has 1 aromatic rings. The normalized spacial score (nSPS) is 11.0. The molecule has 2 aliphatic rings. The zero-order valence-corrected chi connectivity index (χ0v) is 10.7. The lowest BCUT2D eigenvalue weighted by atomic mass is 10.1. The summed E-state index contributed by atoms with van der Waals surface area (Å²) in [4.78, 5) is 12.3. The van der Waals surface area contributed by atoms with Crippen LogP contribution in [0.25, 0.3) is 22.3 Å². The molecule has 0 fully saturated rings. The fourth-order valence-corrected chi connectivity index (χ4v) is 2.08. The minimum Gasteiger partial charge on any atom is -0.489 e. The molecule has 0 N–H and O–H groups in total. The Balaban J connectivity index is 2.22. The smallest absolute Gasteiger partial charge is 0.231 e. The summed E-state index contributed by atoms with van der Waals surface area (Å²) >= 11 is 0. The predicted octanol–water partition coefficient (Wildman–Crippen LogP) is 3.69. The van der Waals surface area contributed by atoms with Crippen molar-refractivity contribution in [3.05, 3.63) is 52.7 Å². The monoisotopic (exact) mass is 254 g/mol. The Hall–Kier alpha value is -2.29. The molecular weight excluding hydrogens is 240 g/mol. The van der Waals surface area contributed by atoms with Gasteiger partial charge in [0.2, 0.25) is 5.43 Å². The molecule has 1 aliphatic carbocycles. The molecular formula is C16H14O3. The van der Waals surface area contributed by atoms with E-state index >= 15 is 0 Å². The standard InChI is InChI=1S/C16H14O3/c1-2-9-18-15-8-7-14-12(16(15)17)10-11-5-3-4-6-13(11)19-14/h3-8,10H,2,9H2,1H3. The molecule has 96 valence electrons. The number of ether oxygens (including phenoxy) is 1. The van der Waals surface area contributed by atoms with Crippen LogP contribution in [-0.4, -0.2) is 6.61 Å². The summed E-state index contributed by atoms with van der Waals surface area (Å²) < 4.78 is 11.2. The van der Waals surface area contributed by atoms with Gasteiger partial charge in [-0.1, -0.05) is 25.1 Å². The number of para-hydroxylation sites is 1. The van der Waals surface area contributed by atoms with Gasteiger partial charge in [-0.3, -0.25) is 4.79 Å². The average Bonchev–Trinajstić information content (AvgIpc) is 2.45. The molecule has 0 unspecified atom stereocenters. The van der Waals surface area contributed by atoms with Gasteiger partial charge < -0.3 is 9.15 Å². The topological polar surface area (TPSA) is 39.4 Å². The molecule has 0 radical (unpaired) electrons. The van der Waals surface area contributed by atoms with Crippen LogP contribution in [0.2, 0.25) is 0 Å². The lowest BCUT2D eigenvalue weighted by Crippen LogP contribution is -2.11. The first-order valence-corrected chi connectivity index (χ1v) is 6.38. The second-order valence-electron chi connectivity index (χ2n) is 4.44. The number of hydrogen-bond acceptors (Lipinski definition) is 3. The van der Waals surface area contributed by atoms with Crippen molar-refractivity contribution in [3.63, 3.8) is 0 Å². The van der Waals surface area contributed by atoms with Gasteiger partial charge in [0.1, 0.15) is 11.3 Å². The van der Waals surface area contributed by atoms with Crippen molar-refractivity contribution in [3.8, 4) is 17.1 Å². The van der Waals surface area contributed by atoms with E-state index in [1.54, 1.807) is 12.1 Å². The maximum Gasteiger partial charge on any atom is 0.231 e. The molecule has 19 heavy (non-hydrogen) atoms. The van der Waals surface area contributed by atoms with Gasteiger partial charge in [0, 0.05) is 5.39 Å². The zero-order valence-electron chi connectivity index (χ0n) is 10.7. The number of hydrogen-bond donors (Lipinski definition) is 0. The Morgan fingerprint density at radius 2 is 2.00 bits per heavy atom. The van der Waals surface area contributed by atoms with Gasteiger partial charge in [-0.05, 0) is 30.7 Å². The molecule has 3 nitrogen and oxygen atoms in total. The second kappa shape index (κ2) is 4.76. The molecule has 1 aliphatic heterocycles. The lowest BCUT2D eigenvalue weighted by Gasteiger charge is -2.09. The summed E-state index contributed by atoms with van der Waals surface area (Å²) in [6.07, 6.45) is 0.875. The lowest BCUT2D eigenvalue weighted by molar-refractivity contribution is 0.314. The van der Waals surface area contributed by atoms with Gasteiger partial charge in [-0.2, -0.15) is 0 Å². The van der Waals surface area contributed by atoms with Gasteiger partial charge in [-0.15, -0.1) is 0 Å². The maximum absolute atomic E-state index is 12.3. The molecule has 0 atom stereocenters. The van der Waals surface area contributed by atoms with E-state index in [2.05, 4.69) is 0 Å². The van der Waals surface area contributed by atoms with Crippen molar-refractivity contribution >= 4 is 11.0 Å². The summed E-state index contributed by atoms with van der Waals surface area (Å²) in [6, 6.07) is 13.0. The molecule has 0 saturated heterocycles. The van der Waals surface area contributed by atoms with Gasteiger partial charge in [0.05, 0.1) is 12.2 Å². The highest BCUT2D eigenvalue weighted by Crippen LogP contribution is 2.27. The number of benzene rings is 2. The fraction of sp³-hybridized carbons (Fsp3) is 0.188. The van der Waals surface area contributed by atoms with E-state index in [1.807, 2.05) is 37.3 Å². The van der Waals surface area contributed by atoms with E-state index in [1.165, 1.54) is 0 Å². The van der Waals surface area contributed by atoms with Crippen LogP contribution in [-0.2, 0) is 0 Å². The first-order chi connectivity index (χ1) is 9.29. The Bertz CT molecular complexity index is 743. The molecule has 0 amide bonds. The van der Waals surface area contributed by atoms with Gasteiger partial charge in [0.25, 0.3) is 0 Å². The molecule has 0 aromatic heterocycles. The summed E-state index contributed by atoms with van der Waals surface area (Å²) in [5, 5.41) is 0.916. The molecule has 0 saturated carbocycles. The van der Waals surface area contributed by atoms with E-state index in [0.29, 0.717) is 23.7 Å². The highest BCUT2D eigenvalue weighted by atomic mass is 16.5. The maximum atomic E-state index is 12.3. The Morgan fingerprint density at radius 1 is 1.16 bits per heavy atom. The van der Waals surface area contributed by atoms with Gasteiger partial charge in [-0.25, -0.2) is 0 Å². The Morgan fingerprint density at radius 3 is 2.84 bits per heavy atom. The summed E-state index contributed by atoms with van der Waals surface area (Å²) in [5.74, 6) is 0.979. The molecule has 3 rings (SSSR count). The molecule has 0 bridgehead atoms. The third kappa shape index (κ3) is 2.08. The van der Waals surface area contributed by atoms with E-state index in [-0.39, 0.29) is 5.43 Å². The minimum atomic E-state index is -0.111. The van der Waals surface area contributed by atoms with Crippen molar-refractivity contribution in [1.82, 2.24) is 0 Å². The van der Waals surface area contributed by atoms with E-state index in [4.69, 9.17) is 9.15 Å². The summed E-state index contributed by atoms with van der Waals surface area (Å²) in [7, 11) is 0. The largest absolute Gasteiger partial charge is 0.489 e. The van der Waals surface area contributed by atoms with Gasteiger partial charge >= 0.3 is 0 Å². The van der Waals surface area contributed by atoms with Crippen LogP contribution in [0.5, 0.6) is 5.75 Å². The Labute approximate surface area is 110 Å². The van der Waals surface area contributed by atoms with Crippen LogP contribution >= 0.6 is 0 Å². The van der Waals surface area contributed by atoms with Crippen molar-refractivity contribution < 1.29 is 9.15 Å². The zero-order chi connectivity index (χ0) is 13.2. The van der Waals surface area contributed by atoms with Crippen LogP contribution < -0.4 is 10.2 Å². The van der Waals surface area contributed by atoms with E-state index in [9.17, 15) is 4.79 Å². The number of fused-ring (bicyclic) bond motifs is 2. The van der Waals surface area contributed by atoms with Crippen LogP contribution in [0.3, 0.4) is 0 Å². The minimum absolute atomic E-state index is 0.111. The SMILES string of the molecule is CCCOc1ccc2oc3ccccc3cc-2c1=O. The van der Waals surface area contributed by atoms with Crippen molar-refractivity contribution in [2.75, 3.05) is 6.61 Å². The predicted molar refractivity (Wildman–Crippen MR) is 74.9 cm³/mol. The second-order valence-corrected chi connectivity index (χ2v) is 4.44. The van der Waals surface area contributed by atoms with E-state index < -0.39 is 0 Å². The van der Waals surface area contributed by atoms with Gasteiger partial charge in [0.15, 0.2) is 5.75 Å². The quantitative estimate of drug-likeness (QED) is 0.669. The highest BCUT2D eigenvalue weighted by Gasteiger charge is 2.14. The van der Waals surface area contributed by atoms with Crippen LogP contribution in [0.1, 0.15) is 13.3 Å². The van der Waals surface area contributed by atoms with Crippen molar-refractivity contribution in [2.45, 2.75) is 13.3 Å².